The van der Waals surface area contributed by atoms with E-state index in [1.54, 1.807) is 12.4 Å². The van der Waals surface area contributed by atoms with E-state index < -0.39 is 0 Å². The van der Waals surface area contributed by atoms with E-state index in [-0.39, 0.29) is 11.8 Å². The van der Waals surface area contributed by atoms with Crippen LogP contribution in [0.3, 0.4) is 0 Å². The van der Waals surface area contributed by atoms with Gasteiger partial charge in [0, 0.05) is 31.7 Å². The van der Waals surface area contributed by atoms with Crippen molar-refractivity contribution in [1.82, 2.24) is 20.2 Å². The molecule has 1 aliphatic rings. The molecule has 0 saturated carbocycles. The van der Waals surface area contributed by atoms with Crippen LogP contribution in [0.2, 0.25) is 0 Å². The minimum absolute atomic E-state index is 0.100. The molecule has 0 fully saturated rings. The molecule has 27 heavy (non-hydrogen) atoms. The maximum absolute atomic E-state index is 12.4. The molecule has 6 heteroatoms. The van der Waals surface area contributed by atoms with Gasteiger partial charge in [0.1, 0.15) is 5.69 Å². The molecule has 0 spiro atoms. The minimum Gasteiger partial charge on any atom is -0.435 e. The first-order valence-corrected chi connectivity index (χ1v) is 8.82. The Morgan fingerprint density at radius 2 is 1.93 bits per heavy atom. The first-order chi connectivity index (χ1) is 13.2. The van der Waals surface area contributed by atoms with E-state index >= 15 is 0 Å². The van der Waals surface area contributed by atoms with Gasteiger partial charge in [0.05, 0.1) is 6.54 Å². The maximum atomic E-state index is 12.4. The number of fused-ring (bicyclic) bond motifs is 1. The van der Waals surface area contributed by atoms with Gasteiger partial charge in [0.15, 0.2) is 5.76 Å². The van der Waals surface area contributed by atoms with Crippen LogP contribution in [-0.2, 0) is 19.6 Å². The molecule has 3 aromatic rings. The molecule has 4 rings (SSSR count). The second-order valence-corrected chi connectivity index (χ2v) is 6.53. The van der Waals surface area contributed by atoms with Gasteiger partial charge < -0.3 is 14.6 Å². The molecule has 0 saturated heterocycles. The molecule has 0 aliphatic carbocycles. The molecule has 1 aliphatic heterocycles. The van der Waals surface area contributed by atoms with Crippen LogP contribution >= 0.6 is 0 Å². The first kappa shape index (κ1) is 17.0. The number of hydrogen-bond donors (Lipinski definition) is 1. The number of carbonyl (C=O) groups excluding carboxylic acids is 1. The highest BCUT2D eigenvalue weighted by atomic mass is 16.4. The third-order valence-corrected chi connectivity index (χ3v) is 4.42. The van der Waals surface area contributed by atoms with Gasteiger partial charge in [0.2, 0.25) is 0 Å². The number of carbonyl (C=O) groups is 1. The molecule has 0 radical (unpaired) electrons. The third kappa shape index (κ3) is 3.89. The van der Waals surface area contributed by atoms with Crippen LogP contribution < -0.4 is 5.32 Å². The van der Waals surface area contributed by atoms with Crippen LogP contribution in [0.4, 0.5) is 0 Å². The predicted octanol–water partition coefficient (Wildman–Crippen LogP) is 3.38. The predicted molar refractivity (Wildman–Crippen MR) is 101 cm³/mol. The van der Waals surface area contributed by atoms with Gasteiger partial charge in [-0.25, -0.2) is 4.98 Å². The normalized spacial score (nSPS) is 13.1. The lowest BCUT2D eigenvalue weighted by atomic mass is 10.1. The topological polar surface area (TPSA) is 71.3 Å². The summed E-state index contributed by atoms with van der Waals surface area (Å²) < 4.78 is 5.78. The summed E-state index contributed by atoms with van der Waals surface area (Å²) in [4.78, 5) is 22.9. The molecule has 136 valence electrons. The number of hydrogen-bond acceptors (Lipinski definition) is 5. The Balaban J connectivity index is 1.45. The summed E-state index contributed by atoms with van der Waals surface area (Å²) in [5.41, 5.74) is 3.94. The van der Waals surface area contributed by atoms with Crippen molar-refractivity contribution in [2.75, 3.05) is 0 Å². The number of benzene rings is 1. The van der Waals surface area contributed by atoms with Crippen molar-refractivity contribution in [1.29, 1.82) is 0 Å². The number of nitrogens with one attached hydrogen (secondary N) is 1. The van der Waals surface area contributed by atoms with Crippen LogP contribution in [0.25, 0.3) is 5.57 Å². The molecule has 1 amide bonds. The maximum Gasteiger partial charge on any atom is 0.307 e. The Hall–Kier alpha value is -3.41. The Kier molecular flexibility index (Phi) is 4.70. The average Bonchev–Trinajstić information content (AvgIpc) is 3.13. The van der Waals surface area contributed by atoms with E-state index in [0.29, 0.717) is 13.1 Å². The van der Waals surface area contributed by atoms with Crippen molar-refractivity contribution in [3.05, 3.63) is 89.5 Å². The van der Waals surface area contributed by atoms with Gasteiger partial charge in [-0.2, -0.15) is 0 Å². The van der Waals surface area contributed by atoms with Crippen molar-refractivity contribution < 1.29 is 9.21 Å². The van der Waals surface area contributed by atoms with Gasteiger partial charge in [0.25, 0.3) is 5.89 Å². The molecular formula is C21H20N4O2. The second-order valence-electron chi connectivity index (χ2n) is 6.53. The van der Waals surface area contributed by atoms with E-state index in [9.17, 15) is 4.79 Å². The lowest BCUT2D eigenvalue weighted by molar-refractivity contribution is 0.0913. The number of oxazole rings is 1. The standard InChI is InChI=1S/C21H20N4O2/c1-15-12-25(13-17-5-3-2-4-6-17)14-18-19(15)24-21(27-18)20(26)23-11-16-7-9-22-10-8-16/h2-10,12H,11,13-14H2,1H3,(H,23,26). The largest absolute Gasteiger partial charge is 0.435 e. The molecule has 6 nitrogen and oxygen atoms in total. The Bertz CT molecular complexity index is 964. The van der Waals surface area contributed by atoms with E-state index in [1.807, 2.05) is 37.3 Å². The minimum atomic E-state index is -0.316. The molecular weight excluding hydrogens is 340 g/mol. The zero-order chi connectivity index (χ0) is 18.6. The summed E-state index contributed by atoms with van der Waals surface area (Å²) in [5.74, 6) is 0.506. The van der Waals surface area contributed by atoms with Crippen LogP contribution in [0, 0.1) is 0 Å². The van der Waals surface area contributed by atoms with Crippen LogP contribution in [0.5, 0.6) is 0 Å². The number of aromatic nitrogens is 2. The molecule has 0 unspecified atom stereocenters. The highest BCUT2D eigenvalue weighted by Crippen LogP contribution is 2.27. The summed E-state index contributed by atoms with van der Waals surface area (Å²) in [7, 11) is 0. The summed E-state index contributed by atoms with van der Waals surface area (Å²) in [6.45, 7) is 3.76. The van der Waals surface area contributed by atoms with E-state index in [2.05, 4.69) is 38.5 Å². The zero-order valence-electron chi connectivity index (χ0n) is 15.1. The molecule has 1 aromatic carbocycles. The molecule has 1 N–H and O–H groups in total. The smallest absolute Gasteiger partial charge is 0.307 e. The lowest BCUT2D eigenvalue weighted by Gasteiger charge is -2.24. The van der Waals surface area contributed by atoms with Gasteiger partial charge >= 0.3 is 5.91 Å². The number of nitrogens with zero attached hydrogens (tertiary/aromatic N) is 3. The van der Waals surface area contributed by atoms with Crippen molar-refractivity contribution >= 4 is 11.5 Å². The van der Waals surface area contributed by atoms with Crippen LogP contribution in [0.1, 0.15) is 40.2 Å². The fraction of sp³-hybridized carbons (Fsp3) is 0.190. The van der Waals surface area contributed by atoms with Crippen molar-refractivity contribution in [2.45, 2.75) is 26.6 Å². The highest BCUT2D eigenvalue weighted by Gasteiger charge is 2.24. The van der Waals surface area contributed by atoms with Gasteiger partial charge in [-0.1, -0.05) is 30.3 Å². The summed E-state index contributed by atoms with van der Waals surface area (Å²) in [6.07, 6.45) is 5.46. The summed E-state index contributed by atoms with van der Waals surface area (Å²) in [6, 6.07) is 14.0. The average molecular weight is 360 g/mol. The van der Waals surface area contributed by atoms with E-state index in [4.69, 9.17) is 4.42 Å². The highest BCUT2D eigenvalue weighted by molar-refractivity contribution is 5.90. The lowest BCUT2D eigenvalue weighted by Crippen LogP contribution is -2.23. The Morgan fingerprint density at radius 1 is 1.15 bits per heavy atom. The quantitative estimate of drug-likeness (QED) is 0.755. The van der Waals surface area contributed by atoms with Crippen LogP contribution in [-0.4, -0.2) is 20.8 Å². The monoisotopic (exact) mass is 360 g/mol. The molecule has 2 aromatic heterocycles. The first-order valence-electron chi connectivity index (χ1n) is 8.82. The second kappa shape index (κ2) is 7.45. The van der Waals surface area contributed by atoms with E-state index in [1.165, 1.54) is 5.56 Å². The number of pyridine rings is 1. The van der Waals surface area contributed by atoms with Gasteiger partial charge in [-0.15, -0.1) is 0 Å². The van der Waals surface area contributed by atoms with Gasteiger partial charge in [-0.05, 0) is 35.8 Å². The van der Waals surface area contributed by atoms with Crippen molar-refractivity contribution in [3.63, 3.8) is 0 Å². The number of amides is 1. The Morgan fingerprint density at radius 3 is 2.70 bits per heavy atom. The fourth-order valence-corrected chi connectivity index (χ4v) is 3.11. The van der Waals surface area contributed by atoms with Crippen LogP contribution in [0.15, 0.2) is 65.5 Å². The van der Waals surface area contributed by atoms with Crippen molar-refractivity contribution in [3.8, 4) is 0 Å². The van der Waals surface area contributed by atoms with E-state index in [0.717, 1.165) is 29.1 Å². The SMILES string of the molecule is CC1=CN(Cc2ccccc2)Cc2oc(C(=O)NCc3ccncc3)nc21. The van der Waals surface area contributed by atoms with Gasteiger partial charge in [-0.3, -0.25) is 9.78 Å². The third-order valence-electron chi connectivity index (χ3n) is 4.42. The molecule has 3 heterocycles. The van der Waals surface area contributed by atoms with Crippen molar-refractivity contribution in [2.24, 2.45) is 0 Å². The number of allylic oxidation sites excluding steroid dienone is 1. The molecule has 0 atom stereocenters. The Labute approximate surface area is 157 Å². The summed E-state index contributed by atoms with van der Waals surface area (Å²) >= 11 is 0. The summed E-state index contributed by atoms with van der Waals surface area (Å²) in [5, 5.41) is 2.83. The number of rotatable bonds is 5. The fourth-order valence-electron chi connectivity index (χ4n) is 3.11. The zero-order valence-corrected chi connectivity index (χ0v) is 15.1. The molecule has 0 bridgehead atoms.